The zero-order valence-corrected chi connectivity index (χ0v) is 20.3. The summed E-state index contributed by atoms with van der Waals surface area (Å²) < 4.78 is 17.0. The lowest BCUT2D eigenvalue weighted by Gasteiger charge is -2.13. The van der Waals surface area contributed by atoms with Crippen LogP contribution in [0.25, 0.3) is 55.4 Å². The van der Waals surface area contributed by atoms with E-state index in [9.17, 15) is 5.11 Å². The fraction of sp³-hybridized carbons (Fsp3) is 0.0938. The minimum Gasteiger partial charge on any atom is -0.497 e. The molecule has 182 valence electrons. The molecule has 0 saturated carbocycles. The molecular weight excluding hydrogens is 462 g/mol. The van der Waals surface area contributed by atoms with Crippen molar-refractivity contribution >= 4 is 21.9 Å². The van der Waals surface area contributed by atoms with Gasteiger partial charge in [0.25, 0.3) is 0 Å². The molecule has 0 fully saturated rings. The summed E-state index contributed by atoms with van der Waals surface area (Å²) in [7, 11) is 1.65. The average Bonchev–Trinajstić information content (AvgIpc) is 3.40. The lowest BCUT2D eigenvalue weighted by molar-refractivity contribution is -0.0171. The Hall–Kier alpha value is -4.45. The van der Waals surface area contributed by atoms with Gasteiger partial charge in [-0.15, -0.1) is 0 Å². The van der Waals surface area contributed by atoms with Gasteiger partial charge in [-0.25, -0.2) is 4.98 Å². The van der Waals surface area contributed by atoms with Gasteiger partial charge in [0.2, 0.25) is 0 Å². The van der Waals surface area contributed by atoms with Crippen molar-refractivity contribution < 1.29 is 19.0 Å². The number of methoxy groups -OCH3 is 1. The summed E-state index contributed by atoms with van der Waals surface area (Å²) in [6.07, 6.45) is 0. The number of fused-ring (bicyclic) bond motifs is 3. The second-order valence-electron chi connectivity index (χ2n) is 8.77. The van der Waals surface area contributed by atoms with E-state index in [2.05, 4.69) is 36.4 Å². The third kappa shape index (κ3) is 4.35. The molecule has 0 aliphatic rings. The molecule has 5 heteroatoms. The van der Waals surface area contributed by atoms with Gasteiger partial charge >= 0.3 is 0 Å². The van der Waals surface area contributed by atoms with Crippen LogP contribution < -0.4 is 4.74 Å². The van der Waals surface area contributed by atoms with E-state index in [0.717, 1.165) is 61.1 Å². The molecule has 0 bridgehead atoms. The number of furan rings is 1. The van der Waals surface area contributed by atoms with Crippen molar-refractivity contribution in [3.63, 3.8) is 0 Å². The largest absolute Gasteiger partial charge is 0.497 e. The first-order valence-corrected chi connectivity index (χ1v) is 12.1. The summed E-state index contributed by atoms with van der Waals surface area (Å²) in [5, 5.41) is 11.0. The van der Waals surface area contributed by atoms with Gasteiger partial charge in [-0.3, -0.25) is 0 Å². The second kappa shape index (κ2) is 9.90. The second-order valence-corrected chi connectivity index (χ2v) is 8.77. The van der Waals surface area contributed by atoms with Crippen molar-refractivity contribution in [1.29, 1.82) is 0 Å². The van der Waals surface area contributed by atoms with Crippen LogP contribution in [-0.4, -0.2) is 24.0 Å². The highest BCUT2D eigenvalue weighted by atomic mass is 16.6. The molecule has 6 aromatic rings. The number of aromatic nitrogens is 1. The lowest BCUT2D eigenvalue weighted by Crippen LogP contribution is -1.92. The summed E-state index contributed by atoms with van der Waals surface area (Å²) in [5.41, 5.74) is 7.66. The summed E-state index contributed by atoms with van der Waals surface area (Å²) >= 11 is 0. The minimum absolute atomic E-state index is 0.165. The number of aliphatic hydroxyl groups is 1. The highest BCUT2D eigenvalue weighted by Gasteiger charge is 2.19. The van der Waals surface area contributed by atoms with Crippen LogP contribution >= 0.6 is 0 Å². The first-order valence-electron chi connectivity index (χ1n) is 12.1. The van der Waals surface area contributed by atoms with Gasteiger partial charge in [0.15, 0.2) is 0 Å². The minimum atomic E-state index is -0.377. The molecule has 6 rings (SSSR count). The number of pyridine rings is 1. The van der Waals surface area contributed by atoms with Crippen LogP contribution in [-0.2, 0) is 11.3 Å². The van der Waals surface area contributed by atoms with Gasteiger partial charge < -0.3 is 19.0 Å². The van der Waals surface area contributed by atoms with E-state index in [4.69, 9.17) is 18.9 Å². The number of benzene rings is 4. The first kappa shape index (κ1) is 23.0. The van der Waals surface area contributed by atoms with Crippen LogP contribution in [0.2, 0.25) is 0 Å². The Labute approximate surface area is 214 Å². The Balaban J connectivity index is 1.69. The molecule has 0 amide bonds. The molecule has 4 aromatic carbocycles. The Bertz CT molecular complexity index is 1670. The van der Waals surface area contributed by atoms with Crippen molar-refractivity contribution in [2.75, 3.05) is 13.9 Å². The molecule has 0 aliphatic carbocycles. The van der Waals surface area contributed by atoms with Crippen molar-refractivity contribution in [2.24, 2.45) is 0 Å². The third-order valence-corrected chi connectivity index (χ3v) is 6.51. The van der Waals surface area contributed by atoms with Gasteiger partial charge in [-0.05, 0) is 59.2 Å². The van der Waals surface area contributed by atoms with Crippen LogP contribution in [0.1, 0.15) is 5.76 Å². The Kier molecular flexibility index (Phi) is 6.15. The van der Waals surface area contributed by atoms with Crippen molar-refractivity contribution in [2.45, 2.75) is 6.61 Å². The molecule has 0 spiro atoms. The quantitative estimate of drug-likeness (QED) is 0.237. The number of ether oxygens (including phenoxy) is 2. The molecule has 1 N–H and O–H groups in total. The van der Waals surface area contributed by atoms with Crippen molar-refractivity contribution in [3.8, 4) is 39.3 Å². The number of hydrogen-bond acceptors (Lipinski definition) is 5. The van der Waals surface area contributed by atoms with E-state index in [1.165, 1.54) is 0 Å². The third-order valence-electron chi connectivity index (χ3n) is 6.51. The summed E-state index contributed by atoms with van der Waals surface area (Å²) in [6, 6.07) is 34.8. The highest BCUT2D eigenvalue weighted by molar-refractivity contribution is 6.13. The van der Waals surface area contributed by atoms with Crippen molar-refractivity contribution in [3.05, 3.63) is 109 Å². The lowest BCUT2D eigenvalue weighted by atomic mass is 9.94. The predicted octanol–water partition coefficient (Wildman–Crippen LogP) is 7.46. The fourth-order valence-corrected chi connectivity index (χ4v) is 4.74. The van der Waals surface area contributed by atoms with Gasteiger partial charge in [-0.1, -0.05) is 60.7 Å². The smallest absolute Gasteiger partial charge is 0.146 e. The van der Waals surface area contributed by atoms with Gasteiger partial charge in [0.05, 0.1) is 18.3 Å². The first-order chi connectivity index (χ1) is 18.2. The maximum atomic E-state index is 9.19. The molecule has 0 aliphatic heterocycles. The molecule has 5 nitrogen and oxygen atoms in total. The summed E-state index contributed by atoms with van der Waals surface area (Å²) in [6.45, 7) is -0.212. The molecule has 0 atom stereocenters. The van der Waals surface area contributed by atoms with E-state index in [1.54, 1.807) is 7.11 Å². The number of aliphatic hydroxyl groups excluding tert-OH is 1. The van der Waals surface area contributed by atoms with E-state index in [-0.39, 0.29) is 13.4 Å². The molecule has 0 saturated heterocycles. The average molecular weight is 488 g/mol. The number of rotatable bonds is 7. The summed E-state index contributed by atoms with van der Waals surface area (Å²) in [5.74, 6) is 1.40. The maximum Gasteiger partial charge on any atom is 0.146 e. The van der Waals surface area contributed by atoms with Crippen LogP contribution in [0, 0.1) is 0 Å². The van der Waals surface area contributed by atoms with E-state index < -0.39 is 0 Å². The van der Waals surface area contributed by atoms with Crippen molar-refractivity contribution in [1.82, 2.24) is 4.98 Å². The van der Waals surface area contributed by atoms with E-state index in [0.29, 0.717) is 5.76 Å². The molecule has 0 unspecified atom stereocenters. The zero-order valence-electron chi connectivity index (χ0n) is 20.3. The molecule has 2 aromatic heterocycles. The fourth-order valence-electron chi connectivity index (χ4n) is 4.74. The highest BCUT2D eigenvalue weighted by Crippen LogP contribution is 2.41. The topological polar surface area (TPSA) is 64.7 Å². The standard InChI is InChI=1S/C32H25NO4/c1-35-25-14-12-23(13-15-25)30-29-18-26(19-36-20-34)37-32(29)28-17-24(21-8-4-2-5-9-21)16-27(31(28)33-30)22-10-6-3-7-11-22/h2-18,34H,19-20H2,1H3. The maximum absolute atomic E-state index is 9.19. The molecule has 37 heavy (non-hydrogen) atoms. The van der Waals surface area contributed by atoms with E-state index >= 15 is 0 Å². The molecule has 0 radical (unpaired) electrons. The number of hydrogen-bond donors (Lipinski definition) is 1. The SMILES string of the molecule is COc1ccc(-c2nc3c(-c4ccccc4)cc(-c4ccccc4)cc3c3oc(COCO)cc23)cc1. The summed E-state index contributed by atoms with van der Waals surface area (Å²) in [4.78, 5) is 5.24. The molecular formula is C32H25NO4. The van der Waals surface area contributed by atoms with Crippen LogP contribution in [0.4, 0.5) is 0 Å². The zero-order chi connectivity index (χ0) is 25.2. The normalized spacial score (nSPS) is 11.3. The number of nitrogens with zero attached hydrogens (tertiary/aromatic N) is 1. The Morgan fingerprint density at radius 3 is 2.11 bits per heavy atom. The van der Waals surface area contributed by atoms with Crippen LogP contribution in [0.5, 0.6) is 5.75 Å². The molecule has 2 heterocycles. The predicted molar refractivity (Wildman–Crippen MR) is 146 cm³/mol. The van der Waals surface area contributed by atoms with Gasteiger partial charge in [-0.2, -0.15) is 0 Å². The Morgan fingerprint density at radius 1 is 0.730 bits per heavy atom. The van der Waals surface area contributed by atoms with Crippen LogP contribution in [0.15, 0.2) is 108 Å². The van der Waals surface area contributed by atoms with Gasteiger partial charge in [0.1, 0.15) is 30.5 Å². The van der Waals surface area contributed by atoms with E-state index in [1.807, 2.05) is 66.7 Å². The van der Waals surface area contributed by atoms with Gasteiger partial charge in [0, 0.05) is 21.9 Å². The van der Waals surface area contributed by atoms with Crippen LogP contribution in [0.3, 0.4) is 0 Å². The monoisotopic (exact) mass is 487 g/mol. The Morgan fingerprint density at radius 2 is 1.43 bits per heavy atom.